The van der Waals surface area contributed by atoms with Gasteiger partial charge < -0.3 is 16.8 Å². The van der Waals surface area contributed by atoms with E-state index in [1.807, 2.05) is 18.2 Å². The minimum absolute atomic E-state index is 0.210. The molecule has 0 spiro atoms. The van der Waals surface area contributed by atoms with Crippen LogP contribution in [-0.2, 0) is 4.79 Å². The largest absolute Gasteiger partial charge is 0.383 e. The van der Waals surface area contributed by atoms with Crippen molar-refractivity contribution in [1.82, 2.24) is 19.7 Å². The zero-order chi connectivity index (χ0) is 18.5. The SMILES string of the molecule is Nc1cc(N)nc(SCCC(=O)Nc2cc(=O)n(-c3ccccc3)[nH]2)n1. The summed E-state index contributed by atoms with van der Waals surface area (Å²) in [6, 6.07) is 11.9. The lowest BCUT2D eigenvalue weighted by molar-refractivity contribution is -0.115. The molecule has 1 aromatic carbocycles. The molecule has 10 heteroatoms. The van der Waals surface area contributed by atoms with Crippen molar-refractivity contribution < 1.29 is 4.79 Å². The summed E-state index contributed by atoms with van der Waals surface area (Å²) in [6.45, 7) is 0. The summed E-state index contributed by atoms with van der Waals surface area (Å²) in [5.74, 6) is 1.10. The number of thioether (sulfide) groups is 1. The second-order valence-corrected chi connectivity index (χ2v) is 6.39. The van der Waals surface area contributed by atoms with E-state index < -0.39 is 0 Å². The lowest BCUT2D eigenvalue weighted by atomic mass is 10.3. The van der Waals surface area contributed by atoms with Gasteiger partial charge in [0.15, 0.2) is 5.16 Å². The third-order valence-electron chi connectivity index (χ3n) is 3.31. The van der Waals surface area contributed by atoms with Gasteiger partial charge in [-0.1, -0.05) is 30.0 Å². The van der Waals surface area contributed by atoms with Gasteiger partial charge in [0.1, 0.15) is 17.5 Å². The molecule has 0 aliphatic carbocycles. The highest BCUT2D eigenvalue weighted by Crippen LogP contribution is 2.17. The standard InChI is InChI=1S/C16H17N7O2S/c17-11-8-12(18)20-16(19-11)26-7-6-14(24)21-13-9-15(25)23(22-13)10-4-2-1-3-5-10/h1-5,8-9,22H,6-7H2,(H,21,24)(H4,17,18,19,20). The van der Waals surface area contributed by atoms with Crippen LogP contribution < -0.4 is 22.3 Å². The smallest absolute Gasteiger partial charge is 0.273 e. The molecule has 9 nitrogen and oxygen atoms in total. The number of amides is 1. The molecular formula is C16H17N7O2S. The predicted molar refractivity (Wildman–Crippen MR) is 101 cm³/mol. The van der Waals surface area contributed by atoms with Crippen molar-refractivity contribution in [3.63, 3.8) is 0 Å². The third kappa shape index (κ3) is 4.42. The van der Waals surface area contributed by atoms with Crippen molar-refractivity contribution in [2.24, 2.45) is 0 Å². The molecule has 2 heterocycles. The van der Waals surface area contributed by atoms with Gasteiger partial charge in [0.2, 0.25) is 5.91 Å². The van der Waals surface area contributed by atoms with Crippen LogP contribution in [0.1, 0.15) is 6.42 Å². The molecule has 0 saturated carbocycles. The van der Waals surface area contributed by atoms with Gasteiger partial charge in [-0.15, -0.1) is 0 Å². The molecule has 0 aliphatic heterocycles. The van der Waals surface area contributed by atoms with Gasteiger partial charge in [-0.05, 0) is 12.1 Å². The summed E-state index contributed by atoms with van der Waals surface area (Å²) >= 11 is 1.27. The molecule has 3 rings (SSSR count). The van der Waals surface area contributed by atoms with Crippen LogP contribution in [0.2, 0.25) is 0 Å². The van der Waals surface area contributed by atoms with E-state index >= 15 is 0 Å². The Morgan fingerprint density at radius 2 is 1.85 bits per heavy atom. The Kier molecular flexibility index (Phi) is 5.23. The van der Waals surface area contributed by atoms with Crippen molar-refractivity contribution in [2.45, 2.75) is 11.6 Å². The average molecular weight is 371 g/mol. The van der Waals surface area contributed by atoms with Crippen molar-refractivity contribution in [1.29, 1.82) is 0 Å². The Hall–Kier alpha value is -3.27. The van der Waals surface area contributed by atoms with E-state index in [4.69, 9.17) is 11.5 Å². The van der Waals surface area contributed by atoms with Gasteiger partial charge >= 0.3 is 0 Å². The Labute approximate surface area is 152 Å². The highest BCUT2D eigenvalue weighted by Gasteiger charge is 2.09. The number of H-pyrrole nitrogens is 1. The number of nitrogens with one attached hydrogen (secondary N) is 2. The number of nitrogens with two attached hydrogens (primary N) is 2. The molecule has 3 aromatic rings. The van der Waals surface area contributed by atoms with Crippen LogP contribution in [0.3, 0.4) is 0 Å². The molecule has 0 unspecified atom stereocenters. The lowest BCUT2D eigenvalue weighted by Crippen LogP contribution is -2.14. The quantitative estimate of drug-likeness (QED) is 0.377. The fraction of sp³-hybridized carbons (Fsp3) is 0.125. The van der Waals surface area contributed by atoms with E-state index in [1.54, 1.807) is 12.1 Å². The molecule has 6 N–H and O–H groups in total. The van der Waals surface area contributed by atoms with E-state index in [0.29, 0.717) is 22.4 Å². The fourth-order valence-electron chi connectivity index (χ4n) is 2.20. The zero-order valence-electron chi connectivity index (χ0n) is 13.7. The Bertz CT molecular complexity index is 948. The predicted octanol–water partition coefficient (Wildman–Crippen LogP) is 1.24. The van der Waals surface area contributed by atoms with Crippen LogP contribution in [-0.4, -0.2) is 31.4 Å². The number of carbonyl (C=O) groups excluding carboxylic acids is 1. The number of hydrogen-bond acceptors (Lipinski definition) is 7. The van der Waals surface area contributed by atoms with E-state index in [9.17, 15) is 9.59 Å². The maximum absolute atomic E-state index is 12.0. The molecule has 1 amide bonds. The normalized spacial score (nSPS) is 10.6. The first-order valence-electron chi connectivity index (χ1n) is 7.71. The van der Waals surface area contributed by atoms with Crippen molar-refractivity contribution >= 4 is 35.1 Å². The summed E-state index contributed by atoms with van der Waals surface area (Å²) in [6.07, 6.45) is 0.210. The number of aromatic amines is 1. The molecule has 0 atom stereocenters. The number of rotatable bonds is 6. The molecule has 134 valence electrons. The van der Waals surface area contributed by atoms with Gasteiger partial charge in [-0.2, -0.15) is 0 Å². The van der Waals surface area contributed by atoms with Crippen LogP contribution >= 0.6 is 11.8 Å². The van der Waals surface area contributed by atoms with E-state index in [0.717, 1.165) is 0 Å². The lowest BCUT2D eigenvalue weighted by Gasteiger charge is -2.04. The second kappa shape index (κ2) is 7.74. The molecule has 0 aliphatic rings. The van der Waals surface area contributed by atoms with Gasteiger partial charge in [-0.3, -0.25) is 14.7 Å². The summed E-state index contributed by atoms with van der Waals surface area (Å²) in [7, 11) is 0. The van der Waals surface area contributed by atoms with Gasteiger partial charge in [0.25, 0.3) is 5.56 Å². The number of nitrogen functional groups attached to an aromatic ring is 2. The number of para-hydroxylation sites is 1. The Balaban J connectivity index is 1.56. The summed E-state index contributed by atoms with van der Waals surface area (Å²) in [5, 5.41) is 5.94. The minimum atomic E-state index is -0.260. The van der Waals surface area contributed by atoms with Crippen molar-refractivity contribution in [3.8, 4) is 5.69 Å². The maximum atomic E-state index is 12.0. The van der Waals surface area contributed by atoms with Crippen LogP contribution in [0.4, 0.5) is 17.5 Å². The number of carbonyl (C=O) groups is 1. The molecule has 0 saturated heterocycles. The number of nitrogens with zero attached hydrogens (tertiary/aromatic N) is 3. The first-order chi connectivity index (χ1) is 12.5. The van der Waals surface area contributed by atoms with Crippen LogP contribution in [0.15, 0.2) is 52.4 Å². The number of benzene rings is 1. The van der Waals surface area contributed by atoms with Crippen LogP contribution in [0.25, 0.3) is 5.69 Å². The maximum Gasteiger partial charge on any atom is 0.273 e. The Morgan fingerprint density at radius 3 is 2.54 bits per heavy atom. The molecule has 0 radical (unpaired) electrons. The third-order valence-corrected chi connectivity index (χ3v) is 4.16. The van der Waals surface area contributed by atoms with Gasteiger partial charge in [-0.25, -0.2) is 14.6 Å². The van der Waals surface area contributed by atoms with Crippen molar-refractivity contribution in [3.05, 3.63) is 52.8 Å². The van der Waals surface area contributed by atoms with Gasteiger partial charge in [0, 0.05) is 24.3 Å². The molecule has 26 heavy (non-hydrogen) atoms. The monoisotopic (exact) mass is 371 g/mol. The molecule has 0 bridgehead atoms. The first-order valence-corrected chi connectivity index (χ1v) is 8.70. The highest BCUT2D eigenvalue weighted by atomic mass is 32.2. The number of anilines is 3. The van der Waals surface area contributed by atoms with Crippen LogP contribution in [0.5, 0.6) is 0 Å². The number of hydrogen-bond donors (Lipinski definition) is 4. The van der Waals surface area contributed by atoms with E-state index in [-0.39, 0.29) is 29.5 Å². The fourth-order valence-corrected chi connectivity index (χ4v) is 3.01. The zero-order valence-corrected chi connectivity index (χ0v) is 14.5. The Morgan fingerprint density at radius 1 is 1.15 bits per heavy atom. The summed E-state index contributed by atoms with van der Waals surface area (Å²) < 4.78 is 1.35. The van der Waals surface area contributed by atoms with Crippen LogP contribution in [0, 0.1) is 0 Å². The van der Waals surface area contributed by atoms with E-state index in [1.165, 1.54) is 28.6 Å². The summed E-state index contributed by atoms with van der Waals surface area (Å²) in [5.41, 5.74) is 11.6. The topological polar surface area (TPSA) is 145 Å². The van der Waals surface area contributed by atoms with E-state index in [2.05, 4.69) is 20.4 Å². The summed E-state index contributed by atoms with van der Waals surface area (Å²) in [4.78, 5) is 32.1. The second-order valence-electron chi connectivity index (χ2n) is 5.33. The van der Waals surface area contributed by atoms with Crippen molar-refractivity contribution in [2.75, 3.05) is 22.5 Å². The molecule has 0 fully saturated rings. The highest BCUT2D eigenvalue weighted by molar-refractivity contribution is 7.99. The first kappa shape index (κ1) is 17.5. The molecule has 2 aromatic heterocycles. The minimum Gasteiger partial charge on any atom is -0.383 e. The molecular weight excluding hydrogens is 354 g/mol. The van der Waals surface area contributed by atoms with Gasteiger partial charge in [0.05, 0.1) is 5.69 Å². The average Bonchev–Trinajstić information content (AvgIpc) is 2.95. The number of aromatic nitrogens is 4.